The van der Waals surface area contributed by atoms with Crippen LogP contribution in [0.1, 0.15) is 12.8 Å². The molecule has 1 aromatic carbocycles. The van der Waals surface area contributed by atoms with E-state index in [-0.39, 0.29) is 24.9 Å². The largest absolute Gasteiger partial charge is 0.480 e. The lowest BCUT2D eigenvalue weighted by Gasteiger charge is -2.33. The number of nitrogens with two attached hydrogens (primary N) is 1. The van der Waals surface area contributed by atoms with Crippen molar-refractivity contribution in [2.75, 3.05) is 31.1 Å². The highest BCUT2D eigenvalue weighted by molar-refractivity contribution is 5.85. The summed E-state index contributed by atoms with van der Waals surface area (Å²) >= 11 is 0. The number of piperidine rings is 1. The van der Waals surface area contributed by atoms with Gasteiger partial charge in [0.1, 0.15) is 6.54 Å². The SMILES string of the molecule is NC(=O)C1CCCN(C(=O)CN(CC(=O)O)c2ccccc2)C1. The molecular formula is C16H21N3O4. The maximum atomic E-state index is 12.5. The molecule has 7 heteroatoms. The van der Waals surface area contributed by atoms with E-state index < -0.39 is 11.9 Å². The summed E-state index contributed by atoms with van der Waals surface area (Å²) in [5.74, 6) is -1.92. The zero-order valence-corrected chi connectivity index (χ0v) is 12.9. The van der Waals surface area contributed by atoms with Crippen LogP contribution in [0, 0.1) is 5.92 Å². The Morgan fingerprint density at radius 2 is 1.91 bits per heavy atom. The minimum Gasteiger partial charge on any atom is -0.480 e. The minimum absolute atomic E-state index is 0.0399. The molecule has 1 saturated heterocycles. The highest BCUT2D eigenvalue weighted by Gasteiger charge is 2.28. The van der Waals surface area contributed by atoms with Crippen molar-refractivity contribution in [3.05, 3.63) is 30.3 Å². The smallest absolute Gasteiger partial charge is 0.323 e. The number of likely N-dealkylation sites (tertiary alicyclic amines) is 1. The second kappa shape index (κ2) is 7.62. The molecule has 1 unspecified atom stereocenters. The fraction of sp³-hybridized carbons (Fsp3) is 0.438. The first-order chi connectivity index (χ1) is 11.0. The van der Waals surface area contributed by atoms with E-state index in [1.165, 1.54) is 4.90 Å². The van der Waals surface area contributed by atoms with Crippen molar-refractivity contribution in [1.82, 2.24) is 4.90 Å². The molecule has 1 heterocycles. The van der Waals surface area contributed by atoms with E-state index in [0.29, 0.717) is 25.2 Å². The quantitative estimate of drug-likeness (QED) is 0.785. The summed E-state index contributed by atoms with van der Waals surface area (Å²) in [5.41, 5.74) is 6.00. The predicted molar refractivity (Wildman–Crippen MR) is 84.8 cm³/mol. The van der Waals surface area contributed by atoms with Gasteiger partial charge in [-0.2, -0.15) is 0 Å². The molecule has 2 rings (SSSR count). The van der Waals surface area contributed by atoms with Gasteiger partial charge in [0.15, 0.2) is 0 Å². The van der Waals surface area contributed by atoms with E-state index in [2.05, 4.69) is 0 Å². The summed E-state index contributed by atoms with van der Waals surface area (Å²) < 4.78 is 0. The molecule has 1 aliphatic heterocycles. The van der Waals surface area contributed by atoms with Gasteiger partial charge in [-0.25, -0.2) is 0 Å². The van der Waals surface area contributed by atoms with Crippen LogP contribution in [-0.2, 0) is 14.4 Å². The number of carbonyl (C=O) groups excluding carboxylic acids is 2. The predicted octanol–water partition coefficient (Wildman–Crippen LogP) is 0.302. The van der Waals surface area contributed by atoms with Gasteiger partial charge < -0.3 is 20.6 Å². The molecule has 0 aliphatic carbocycles. The number of nitrogens with zero attached hydrogens (tertiary/aromatic N) is 2. The second-order valence-corrected chi connectivity index (χ2v) is 5.67. The fourth-order valence-electron chi connectivity index (χ4n) is 2.74. The zero-order valence-electron chi connectivity index (χ0n) is 12.9. The lowest BCUT2D eigenvalue weighted by molar-refractivity contribution is -0.135. The third-order valence-corrected chi connectivity index (χ3v) is 3.95. The van der Waals surface area contributed by atoms with Crippen LogP contribution in [0.15, 0.2) is 30.3 Å². The Labute approximate surface area is 134 Å². The van der Waals surface area contributed by atoms with Crippen molar-refractivity contribution in [2.24, 2.45) is 11.7 Å². The molecule has 7 nitrogen and oxygen atoms in total. The number of carbonyl (C=O) groups is 3. The Balaban J connectivity index is 2.05. The van der Waals surface area contributed by atoms with Gasteiger partial charge >= 0.3 is 5.97 Å². The maximum Gasteiger partial charge on any atom is 0.323 e. The number of aliphatic carboxylic acids is 1. The van der Waals surface area contributed by atoms with Crippen LogP contribution in [0.5, 0.6) is 0 Å². The van der Waals surface area contributed by atoms with Gasteiger partial charge in [0.2, 0.25) is 11.8 Å². The molecule has 1 aromatic rings. The van der Waals surface area contributed by atoms with E-state index in [9.17, 15) is 14.4 Å². The number of benzene rings is 1. The summed E-state index contributed by atoms with van der Waals surface area (Å²) in [6, 6.07) is 8.93. The number of anilines is 1. The highest BCUT2D eigenvalue weighted by atomic mass is 16.4. The average molecular weight is 319 g/mol. The molecule has 0 saturated carbocycles. The van der Waals surface area contributed by atoms with Crippen molar-refractivity contribution < 1.29 is 19.5 Å². The Kier molecular flexibility index (Phi) is 5.56. The van der Waals surface area contributed by atoms with Gasteiger partial charge in [0.05, 0.1) is 12.5 Å². The second-order valence-electron chi connectivity index (χ2n) is 5.67. The van der Waals surface area contributed by atoms with Gasteiger partial charge in [-0.1, -0.05) is 18.2 Å². The van der Waals surface area contributed by atoms with Crippen LogP contribution < -0.4 is 10.6 Å². The number of amides is 2. The third-order valence-electron chi connectivity index (χ3n) is 3.95. The average Bonchev–Trinajstić information content (AvgIpc) is 2.54. The molecule has 0 spiro atoms. The van der Waals surface area contributed by atoms with Gasteiger partial charge in [-0.15, -0.1) is 0 Å². The summed E-state index contributed by atoms with van der Waals surface area (Å²) in [4.78, 5) is 37.9. The van der Waals surface area contributed by atoms with Crippen molar-refractivity contribution in [2.45, 2.75) is 12.8 Å². The zero-order chi connectivity index (χ0) is 16.8. The minimum atomic E-state index is -1.00. The van der Waals surface area contributed by atoms with Crippen LogP contribution in [-0.4, -0.2) is 54.0 Å². The molecule has 0 radical (unpaired) electrons. The van der Waals surface area contributed by atoms with Gasteiger partial charge in [-0.3, -0.25) is 14.4 Å². The van der Waals surface area contributed by atoms with Crippen LogP contribution in [0.4, 0.5) is 5.69 Å². The molecule has 3 N–H and O–H groups in total. The van der Waals surface area contributed by atoms with Crippen molar-refractivity contribution in [3.63, 3.8) is 0 Å². The number of para-hydroxylation sites is 1. The van der Waals surface area contributed by atoms with E-state index in [0.717, 1.165) is 6.42 Å². The monoisotopic (exact) mass is 319 g/mol. The van der Waals surface area contributed by atoms with Crippen LogP contribution in [0.25, 0.3) is 0 Å². The number of hydrogen-bond donors (Lipinski definition) is 2. The van der Waals surface area contributed by atoms with E-state index in [1.807, 2.05) is 6.07 Å². The molecule has 2 amide bonds. The number of rotatable bonds is 6. The molecule has 1 atom stereocenters. The molecule has 0 aromatic heterocycles. The first kappa shape index (κ1) is 16.8. The van der Waals surface area contributed by atoms with E-state index >= 15 is 0 Å². The molecular weight excluding hydrogens is 298 g/mol. The third kappa shape index (κ3) is 4.70. The van der Waals surface area contributed by atoms with Crippen LogP contribution in [0.2, 0.25) is 0 Å². The molecule has 1 fully saturated rings. The summed E-state index contributed by atoms with van der Waals surface area (Å²) in [6.45, 7) is 0.576. The summed E-state index contributed by atoms with van der Waals surface area (Å²) in [6.07, 6.45) is 1.42. The summed E-state index contributed by atoms with van der Waals surface area (Å²) in [5, 5.41) is 9.06. The first-order valence-corrected chi connectivity index (χ1v) is 7.56. The lowest BCUT2D eigenvalue weighted by atomic mass is 9.97. The van der Waals surface area contributed by atoms with Crippen LogP contribution >= 0.6 is 0 Å². The molecule has 0 bridgehead atoms. The number of carboxylic acids is 1. The lowest BCUT2D eigenvalue weighted by Crippen LogP contribution is -2.48. The molecule has 23 heavy (non-hydrogen) atoms. The Bertz CT molecular complexity index is 576. The van der Waals surface area contributed by atoms with Crippen molar-refractivity contribution in [1.29, 1.82) is 0 Å². The first-order valence-electron chi connectivity index (χ1n) is 7.56. The van der Waals surface area contributed by atoms with Crippen molar-refractivity contribution in [3.8, 4) is 0 Å². The Morgan fingerprint density at radius 3 is 2.52 bits per heavy atom. The van der Waals surface area contributed by atoms with Gasteiger partial charge in [0, 0.05) is 18.8 Å². The molecule has 124 valence electrons. The van der Waals surface area contributed by atoms with Gasteiger partial charge in [0.25, 0.3) is 0 Å². The normalized spacial score (nSPS) is 17.6. The van der Waals surface area contributed by atoms with Crippen LogP contribution in [0.3, 0.4) is 0 Å². The number of hydrogen-bond acceptors (Lipinski definition) is 4. The summed E-state index contributed by atoms with van der Waals surface area (Å²) in [7, 11) is 0. The fourth-order valence-corrected chi connectivity index (χ4v) is 2.74. The van der Waals surface area contributed by atoms with E-state index in [4.69, 9.17) is 10.8 Å². The number of primary amides is 1. The number of carboxylic acid groups (broad SMARTS) is 1. The van der Waals surface area contributed by atoms with Crippen molar-refractivity contribution >= 4 is 23.5 Å². The Hall–Kier alpha value is -2.57. The van der Waals surface area contributed by atoms with Gasteiger partial charge in [-0.05, 0) is 25.0 Å². The topological polar surface area (TPSA) is 104 Å². The van der Waals surface area contributed by atoms with E-state index in [1.54, 1.807) is 29.2 Å². The maximum absolute atomic E-state index is 12.5. The molecule has 1 aliphatic rings. The highest BCUT2D eigenvalue weighted by Crippen LogP contribution is 2.18. The standard InChI is InChI=1S/C16H21N3O4/c17-16(23)12-5-4-8-18(9-12)14(20)10-19(11-15(21)22)13-6-2-1-3-7-13/h1-3,6-7,12H,4-5,8-11H2,(H2,17,23)(H,21,22). The Morgan fingerprint density at radius 1 is 1.22 bits per heavy atom.